The van der Waals surface area contributed by atoms with Gasteiger partial charge in [0.05, 0.1) is 6.04 Å². The molecule has 7 nitrogen and oxygen atoms in total. The number of ether oxygens (including phenoxy) is 1. The zero-order valence-corrected chi connectivity index (χ0v) is 14.8. The Bertz CT molecular complexity index is 624. The topological polar surface area (TPSA) is 133 Å². The van der Waals surface area contributed by atoms with Crippen molar-refractivity contribution in [3.05, 3.63) is 35.9 Å². The maximum atomic E-state index is 12.2. The lowest BCUT2D eigenvalue weighted by atomic mass is 9.91. The molecule has 0 radical (unpaired) electrons. The highest BCUT2D eigenvalue weighted by Gasteiger charge is 2.45. The number of aliphatic carboxylic acids is 1. The molecule has 5 N–H and O–H groups in total. The lowest BCUT2D eigenvalue weighted by Gasteiger charge is -2.28. The zero-order chi connectivity index (χ0) is 19.3. The van der Waals surface area contributed by atoms with E-state index in [0.717, 1.165) is 0 Å². The van der Waals surface area contributed by atoms with Crippen LogP contribution < -0.4 is 11.5 Å². The van der Waals surface area contributed by atoms with Crippen LogP contribution in [-0.4, -0.2) is 40.0 Å². The Morgan fingerprint density at radius 3 is 2.20 bits per heavy atom. The van der Waals surface area contributed by atoms with Crippen LogP contribution in [0.4, 0.5) is 0 Å². The molecule has 0 spiro atoms. The third kappa shape index (κ3) is 5.95. The van der Waals surface area contributed by atoms with Gasteiger partial charge in [0.25, 0.3) is 0 Å². The quantitative estimate of drug-likeness (QED) is 0.367. The third-order valence-electron chi connectivity index (χ3n) is 3.63. The van der Waals surface area contributed by atoms with Gasteiger partial charge in [0.2, 0.25) is 5.54 Å². The minimum atomic E-state index is -2.16. The second kappa shape index (κ2) is 8.22. The molecule has 0 amide bonds. The molecule has 0 saturated heterocycles. The van der Waals surface area contributed by atoms with E-state index in [1.165, 1.54) is 0 Å². The van der Waals surface area contributed by atoms with Crippen molar-refractivity contribution in [1.29, 1.82) is 0 Å². The summed E-state index contributed by atoms with van der Waals surface area (Å²) in [5, 5.41) is 9.33. The van der Waals surface area contributed by atoms with Crippen LogP contribution in [0.15, 0.2) is 30.3 Å². The predicted molar refractivity (Wildman–Crippen MR) is 93.0 cm³/mol. The molecule has 2 unspecified atom stereocenters. The van der Waals surface area contributed by atoms with Gasteiger partial charge < -0.3 is 21.3 Å². The Balaban J connectivity index is 2.68. The Morgan fingerprint density at radius 2 is 1.72 bits per heavy atom. The number of hydrogen-bond acceptors (Lipinski definition) is 6. The molecule has 7 heteroatoms. The number of carboxylic acid groups (broad SMARTS) is 1. The minimum absolute atomic E-state index is 0.174. The molecule has 138 valence electrons. The van der Waals surface area contributed by atoms with Crippen molar-refractivity contribution in [3.63, 3.8) is 0 Å². The van der Waals surface area contributed by atoms with E-state index >= 15 is 0 Å². The normalized spacial score (nSPS) is 15.1. The van der Waals surface area contributed by atoms with E-state index in [1.807, 2.05) is 0 Å². The van der Waals surface area contributed by atoms with Gasteiger partial charge in [-0.05, 0) is 40.0 Å². The van der Waals surface area contributed by atoms with Crippen molar-refractivity contribution in [2.75, 3.05) is 0 Å². The van der Waals surface area contributed by atoms with Crippen LogP contribution in [-0.2, 0) is 14.3 Å². The number of benzene rings is 1. The molecule has 25 heavy (non-hydrogen) atoms. The van der Waals surface area contributed by atoms with Gasteiger partial charge in [-0.1, -0.05) is 30.3 Å². The number of hydrogen-bond donors (Lipinski definition) is 3. The molecule has 1 rings (SSSR count). The highest BCUT2D eigenvalue weighted by Crippen LogP contribution is 2.19. The highest BCUT2D eigenvalue weighted by molar-refractivity contribution is 6.04. The molecule has 0 saturated carbocycles. The SMILES string of the molecule is CC(C)(C)OC(=O)C(N)(CCCC(N)C(=O)c1ccccc1)C(=O)O. The van der Waals surface area contributed by atoms with Crippen LogP contribution in [0.3, 0.4) is 0 Å². The van der Waals surface area contributed by atoms with Gasteiger partial charge in [0.1, 0.15) is 5.60 Å². The van der Waals surface area contributed by atoms with Crippen molar-refractivity contribution in [2.24, 2.45) is 11.5 Å². The highest BCUT2D eigenvalue weighted by atomic mass is 16.6. The van der Waals surface area contributed by atoms with E-state index in [-0.39, 0.29) is 25.0 Å². The van der Waals surface area contributed by atoms with Crippen LogP contribution >= 0.6 is 0 Å². The van der Waals surface area contributed by atoms with Gasteiger partial charge in [0.15, 0.2) is 5.78 Å². The molecule has 0 aliphatic heterocycles. The number of carbonyl (C=O) groups is 3. The zero-order valence-electron chi connectivity index (χ0n) is 14.8. The molecular formula is C18H26N2O5. The van der Waals surface area contributed by atoms with Gasteiger partial charge in [-0.15, -0.1) is 0 Å². The smallest absolute Gasteiger partial charge is 0.338 e. The number of rotatable bonds is 8. The second-order valence-corrected chi connectivity index (χ2v) is 7.01. The Labute approximate surface area is 147 Å². The number of carbonyl (C=O) groups excluding carboxylic acids is 2. The summed E-state index contributed by atoms with van der Waals surface area (Å²) < 4.78 is 5.10. The van der Waals surface area contributed by atoms with Crippen molar-refractivity contribution < 1.29 is 24.2 Å². The second-order valence-electron chi connectivity index (χ2n) is 7.01. The average molecular weight is 350 g/mol. The average Bonchev–Trinajstić information content (AvgIpc) is 2.52. The molecule has 0 fully saturated rings. The fraction of sp³-hybridized carbons (Fsp3) is 0.500. The van der Waals surface area contributed by atoms with Gasteiger partial charge in [-0.2, -0.15) is 0 Å². The molecule has 1 aromatic rings. The lowest BCUT2D eigenvalue weighted by Crippen LogP contribution is -2.57. The monoisotopic (exact) mass is 350 g/mol. The molecule has 0 aromatic heterocycles. The summed E-state index contributed by atoms with van der Waals surface area (Å²) in [5.41, 5.74) is 9.12. The number of ketones is 1. The van der Waals surface area contributed by atoms with E-state index in [0.29, 0.717) is 5.56 Å². The van der Waals surface area contributed by atoms with Crippen LogP contribution in [0.25, 0.3) is 0 Å². The van der Waals surface area contributed by atoms with Crippen molar-refractivity contribution in [3.8, 4) is 0 Å². The van der Waals surface area contributed by atoms with Gasteiger partial charge in [-0.3, -0.25) is 4.79 Å². The summed E-state index contributed by atoms with van der Waals surface area (Å²) in [6.07, 6.45) is 0.234. The lowest BCUT2D eigenvalue weighted by molar-refractivity contribution is -0.169. The summed E-state index contributed by atoms with van der Waals surface area (Å²) in [5.74, 6) is -2.71. The summed E-state index contributed by atoms with van der Waals surface area (Å²) in [6.45, 7) is 4.88. The molecule has 2 atom stereocenters. The van der Waals surface area contributed by atoms with Gasteiger partial charge in [-0.25, -0.2) is 9.59 Å². The fourth-order valence-electron chi connectivity index (χ4n) is 2.21. The van der Waals surface area contributed by atoms with Crippen LogP contribution in [0.5, 0.6) is 0 Å². The molecule has 0 heterocycles. The molecule has 0 aliphatic carbocycles. The van der Waals surface area contributed by atoms with E-state index < -0.39 is 29.1 Å². The fourth-order valence-corrected chi connectivity index (χ4v) is 2.21. The maximum Gasteiger partial charge on any atom is 0.338 e. The maximum absolute atomic E-state index is 12.2. The summed E-state index contributed by atoms with van der Waals surface area (Å²) >= 11 is 0. The first-order chi connectivity index (χ1) is 11.5. The standard InChI is InChI=1S/C18H26N2O5/c1-17(2,3)25-16(24)18(20,15(22)23)11-7-10-13(19)14(21)12-8-5-4-6-9-12/h4-6,8-9,13H,7,10-11,19-20H2,1-3H3,(H,22,23). The molecule has 1 aromatic carbocycles. The van der Waals surface area contributed by atoms with E-state index in [9.17, 15) is 19.5 Å². The number of carboxylic acids is 1. The van der Waals surface area contributed by atoms with Gasteiger partial charge in [0, 0.05) is 5.56 Å². The van der Waals surface area contributed by atoms with Crippen LogP contribution in [0, 0.1) is 0 Å². The third-order valence-corrected chi connectivity index (χ3v) is 3.63. The largest absolute Gasteiger partial charge is 0.479 e. The summed E-state index contributed by atoms with van der Waals surface area (Å²) in [7, 11) is 0. The first kappa shape index (κ1) is 20.8. The van der Waals surface area contributed by atoms with E-state index in [2.05, 4.69) is 0 Å². The van der Waals surface area contributed by atoms with Crippen LogP contribution in [0.2, 0.25) is 0 Å². The molecular weight excluding hydrogens is 324 g/mol. The van der Waals surface area contributed by atoms with Gasteiger partial charge >= 0.3 is 11.9 Å². The van der Waals surface area contributed by atoms with Crippen molar-refractivity contribution in [1.82, 2.24) is 0 Å². The van der Waals surface area contributed by atoms with E-state index in [1.54, 1.807) is 51.1 Å². The van der Waals surface area contributed by atoms with Crippen molar-refractivity contribution in [2.45, 2.75) is 57.2 Å². The van der Waals surface area contributed by atoms with E-state index in [4.69, 9.17) is 16.2 Å². The Hall–Kier alpha value is -2.25. The van der Waals surface area contributed by atoms with Crippen molar-refractivity contribution >= 4 is 17.7 Å². The first-order valence-electron chi connectivity index (χ1n) is 8.08. The Morgan fingerprint density at radius 1 is 1.16 bits per heavy atom. The number of Topliss-reactive ketones (excluding diaryl/α,β-unsaturated/α-hetero) is 1. The number of esters is 1. The summed E-state index contributed by atoms with van der Waals surface area (Å²) in [6, 6.07) is 7.79. The Kier molecular flexibility index (Phi) is 6.84. The predicted octanol–water partition coefficient (Wildman–Crippen LogP) is 1.49. The molecule has 0 aliphatic rings. The van der Waals surface area contributed by atoms with Crippen LogP contribution in [0.1, 0.15) is 50.4 Å². The summed E-state index contributed by atoms with van der Waals surface area (Å²) in [4.78, 5) is 35.8. The number of nitrogens with two attached hydrogens (primary N) is 2. The molecule has 0 bridgehead atoms. The first-order valence-corrected chi connectivity index (χ1v) is 8.08. The minimum Gasteiger partial charge on any atom is -0.479 e.